The Morgan fingerprint density at radius 1 is 1.67 bits per heavy atom. The van der Waals surface area contributed by atoms with Gasteiger partial charge in [-0.05, 0) is 40.8 Å². The molecule has 15 heavy (non-hydrogen) atoms. The van der Waals surface area contributed by atoms with Gasteiger partial charge in [-0.3, -0.25) is 4.79 Å². The Bertz CT molecular complexity index is 395. The number of halogens is 1. The van der Waals surface area contributed by atoms with Gasteiger partial charge in [0.15, 0.2) is 0 Å². The van der Waals surface area contributed by atoms with Gasteiger partial charge in [-0.2, -0.15) is 0 Å². The van der Waals surface area contributed by atoms with Crippen LogP contribution in [0.3, 0.4) is 0 Å². The van der Waals surface area contributed by atoms with Gasteiger partial charge < -0.3 is 5.32 Å². The Hall–Kier alpha value is -1.02. The summed E-state index contributed by atoms with van der Waals surface area (Å²) < 4.78 is 1.09. The van der Waals surface area contributed by atoms with Crippen molar-refractivity contribution in [1.29, 1.82) is 0 Å². The second kappa shape index (κ2) is 5.76. The predicted molar refractivity (Wildman–Crippen MR) is 70.4 cm³/mol. The van der Waals surface area contributed by atoms with E-state index in [2.05, 4.69) is 33.8 Å². The summed E-state index contributed by atoms with van der Waals surface area (Å²) >= 11 is 2.20. The summed E-state index contributed by atoms with van der Waals surface area (Å²) in [6, 6.07) is 7.65. The van der Waals surface area contributed by atoms with Crippen molar-refractivity contribution in [3.8, 4) is 12.3 Å². The number of nitrogens with one attached hydrogen (secondary N) is 1. The van der Waals surface area contributed by atoms with Crippen molar-refractivity contribution in [2.24, 2.45) is 5.92 Å². The van der Waals surface area contributed by atoms with Crippen LogP contribution in [0.5, 0.6) is 0 Å². The van der Waals surface area contributed by atoms with Gasteiger partial charge in [0.25, 0.3) is 0 Å². The molecular weight excluding hydrogens is 301 g/mol. The lowest BCUT2D eigenvalue weighted by atomic mass is 10.1. The molecule has 0 saturated heterocycles. The molecule has 0 aliphatic carbocycles. The molecule has 78 valence electrons. The van der Waals surface area contributed by atoms with Crippen molar-refractivity contribution in [2.45, 2.75) is 13.3 Å². The second-order valence-corrected chi connectivity index (χ2v) is 4.58. The molecule has 0 spiro atoms. The van der Waals surface area contributed by atoms with Crippen LogP contribution in [0.2, 0.25) is 0 Å². The molecule has 0 aliphatic heterocycles. The maximum atomic E-state index is 11.5. The fourth-order valence-electron chi connectivity index (χ4n) is 1.12. The summed E-state index contributed by atoms with van der Waals surface area (Å²) in [6.45, 7) is 1.86. The zero-order valence-corrected chi connectivity index (χ0v) is 10.6. The molecule has 0 fully saturated rings. The van der Waals surface area contributed by atoms with Crippen molar-refractivity contribution in [3.05, 3.63) is 27.8 Å². The predicted octanol–water partition coefficient (Wildman–Crippen LogP) is 2.89. The van der Waals surface area contributed by atoms with E-state index in [-0.39, 0.29) is 11.8 Å². The van der Waals surface area contributed by atoms with Crippen LogP contribution in [0, 0.1) is 21.8 Å². The Morgan fingerprint density at radius 2 is 2.40 bits per heavy atom. The summed E-state index contributed by atoms with van der Waals surface area (Å²) in [6.07, 6.45) is 5.57. The molecule has 0 heterocycles. The van der Waals surface area contributed by atoms with Crippen molar-refractivity contribution < 1.29 is 4.79 Å². The second-order valence-electron chi connectivity index (χ2n) is 3.33. The van der Waals surface area contributed by atoms with E-state index < -0.39 is 0 Å². The van der Waals surface area contributed by atoms with Crippen LogP contribution in [0.1, 0.15) is 13.3 Å². The number of terminal acetylenes is 1. The van der Waals surface area contributed by atoms with Gasteiger partial charge in [0, 0.05) is 21.6 Å². The Morgan fingerprint density at radius 3 is 3.00 bits per heavy atom. The number of benzene rings is 1. The van der Waals surface area contributed by atoms with E-state index in [9.17, 15) is 4.79 Å². The molecule has 0 radical (unpaired) electrons. The topological polar surface area (TPSA) is 29.1 Å². The SMILES string of the molecule is C#C[C@H](C)CC(=O)Nc1cccc(I)c1. The van der Waals surface area contributed by atoms with Crippen molar-refractivity contribution in [1.82, 2.24) is 0 Å². The maximum Gasteiger partial charge on any atom is 0.225 e. The van der Waals surface area contributed by atoms with Gasteiger partial charge in [-0.25, -0.2) is 0 Å². The first-order valence-corrected chi connectivity index (χ1v) is 5.71. The van der Waals surface area contributed by atoms with E-state index in [4.69, 9.17) is 6.42 Å². The summed E-state index contributed by atoms with van der Waals surface area (Å²) in [7, 11) is 0. The molecule has 1 N–H and O–H groups in total. The van der Waals surface area contributed by atoms with Gasteiger partial charge in [0.1, 0.15) is 0 Å². The maximum absolute atomic E-state index is 11.5. The summed E-state index contributed by atoms with van der Waals surface area (Å²) in [5.41, 5.74) is 0.816. The van der Waals surface area contributed by atoms with Crippen LogP contribution >= 0.6 is 22.6 Å². The van der Waals surface area contributed by atoms with Crippen molar-refractivity contribution >= 4 is 34.2 Å². The zero-order valence-electron chi connectivity index (χ0n) is 8.46. The standard InChI is InChI=1S/C12H12INO/c1-3-9(2)7-12(15)14-11-6-4-5-10(13)8-11/h1,4-6,8-9H,7H2,2H3,(H,14,15)/t9-/m0/s1. The van der Waals surface area contributed by atoms with E-state index in [0.717, 1.165) is 9.26 Å². The molecule has 0 aromatic heterocycles. The minimum atomic E-state index is -0.0394. The highest BCUT2D eigenvalue weighted by molar-refractivity contribution is 14.1. The zero-order chi connectivity index (χ0) is 11.3. The van der Waals surface area contributed by atoms with E-state index >= 15 is 0 Å². The minimum Gasteiger partial charge on any atom is -0.326 e. The lowest BCUT2D eigenvalue weighted by Crippen LogP contribution is -2.14. The molecule has 2 nitrogen and oxygen atoms in total. The molecule has 1 aromatic rings. The monoisotopic (exact) mass is 313 g/mol. The Kier molecular flexibility index (Phi) is 4.63. The number of rotatable bonds is 3. The first kappa shape index (κ1) is 12.1. The molecule has 0 bridgehead atoms. The summed E-state index contributed by atoms with van der Waals surface area (Å²) in [5.74, 6) is 2.47. The Labute approximate surface area is 104 Å². The van der Waals surface area contributed by atoms with Crippen LogP contribution in [0.4, 0.5) is 5.69 Å². The number of carbonyl (C=O) groups is 1. The minimum absolute atomic E-state index is 0.0206. The first-order chi connectivity index (χ1) is 7.11. The summed E-state index contributed by atoms with van der Waals surface area (Å²) in [4.78, 5) is 11.5. The molecule has 3 heteroatoms. The van der Waals surface area contributed by atoms with Gasteiger partial charge in [0.05, 0.1) is 0 Å². The smallest absolute Gasteiger partial charge is 0.225 e. The van der Waals surface area contributed by atoms with Gasteiger partial charge >= 0.3 is 0 Å². The first-order valence-electron chi connectivity index (χ1n) is 4.63. The summed E-state index contributed by atoms with van der Waals surface area (Å²) in [5, 5.41) is 2.81. The van der Waals surface area contributed by atoms with Crippen LogP contribution in [-0.2, 0) is 4.79 Å². The third kappa shape index (κ3) is 4.34. The van der Waals surface area contributed by atoms with Gasteiger partial charge in [-0.1, -0.05) is 13.0 Å². The third-order valence-corrected chi connectivity index (χ3v) is 2.56. The Balaban J connectivity index is 2.56. The van der Waals surface area contributed by atoms with Crippen LogP contribution < -0.4 is 5.32 Å². The molecule has 0 saturated carbocycles. The number of hydrogen-bond acceptors (Lipinski definition) is 1. The number of hydrogen-bond donors (Lipinski definition) is 1. The quantitative estimate of drug-likeness (QED) is 0.675. The highest BCUT2D eigenvalue weighted by Crippen LogP contribution is 2.13. The highest BCUT2D eigenvalue weighted by Gasteiger charge is 2.06. The van der Waals surface area contributed by atoms with Crippen molar-refractivity contribution in [3.63, 3.8) is 0 Å². The van der Waals surface area contributed by atoms with Crippen LogP contribution in [0.15, 0.2) is 24.3 Å². The lowest BCUT2D eigenvalue weighted by Gasteiger charge is -2.06. The average molecular weight is 313 g/mol. The fourth-order valence-corrected chi connectivity index (χ4v) is 1.66. The molecule has 0 unspecified atom stereocenters. The van der Waals surface area contributed by atoms with E-state index in [1.165, 1.54) is 0 Å². The van der Waals surface area contributed by atoms with Crippen LogP contribution in [0.25, 0.3) is 0 Å². The molecule has 0 aliphatic rings. The number of amides is 1. The molecule has 1 rings (SSSR count). The van der Waals surface area contributed by atoms with Gasteiger partial charge in [0.2, 0.25) is 5.91 Å². The molecule has 1 aromatic carbocycles. The largest absolute Gasteiger partial charge is 0.326 e. The lowest BCUT2D eigenvalue weighted by molar-refractivity contribution is -0.116. The molecular formula is C12H12INO. The molecule has 1 amide bonds. The van der Waals surface area contributed by atoms with Gasteiger partial charge in [-0.15, -0.1) is 12.3 Å². The van der Waals surface area contributed by atoms with E-state index in [1.807, 2.05) is 31.2 Å². The highest BCUT2D eigenvalue weighted by atomic mass is 127. The number of carbonyl (C=O) groups excluding carboxylic acids is 1. The van der Waals surface area contributed by atoms with Crippen LogP contribution in [-0.4, -0.2) is 5.91 Å². The number of anilines is 1. The third-order valence-electron chi connectivity index (χ3n) is 1.88. The molecule has 1 atom stereocenters. The normalized spacial score (nSPS) is 11.5. The van der Waals surface area contributed by atoms with Crippen molar-refractivity contribution in [2.75, 3.05) is 5.32 Å². The fraction of sp³-hybridized carbons (Fsp3) is 0.250. The average Bonchev–Trinajstić information content (AvgIpc) is 2.17. The van der Waals surface area contributed by atoms with E-state index in [1.54, 1.807) is 0 Å². The van der Waals surface area contributed by atoms with E-state index in [0.29, 0.717) is 6.42 Å².